The van der Waals surface area contributed by atoms with Gasteiger partial charge in [-0.05, 0) is 19.9 Å². The van der Waals surface area contributed by atoms with Crippen LogP contribution < -0.4 is 32.7 Å². The number of nitrogens with zero attached hydrogens (tertiary/aromatic N) is 11. The summed E-state index contributed by atoms with van der Waals surface area (Å²) < 4.78 is 30.0. The number of nitrogens with two attached hydrogens (primary N) is 2. The molecular formula is C38H71N17O27. The van der Waals surface area contributed by atoms with E-state index < -0.39 is 82.6 Å². The lowest BCUT2D eigenvalue weighted by Crippen LogP contribution is -2.59. The van der Waals surface area contributed by atoms with Gasteiger partial charge in [-0.25, -0.2) is 9.98 Å². The van der Waals surface area contributed by atoms with Crippen LogP contribution in [0.5, 0.6) is 0 Å². The van der Waals surface area contributed by atoms with Crippen LogP contribution in [0.2, 0.25) is 0 Å². The van der Waals surface area contributed by atoms with Crippen molar-refractivity contribution in [1.82, 2.24) is 45.2 Å². The zero-order chi connectivity index (χ0) is 63.5. The van der Waals surface area contributed by atoms with Gasteiger partial charge in [-0.15, -0.1) is 0 Å². The van der Waals surface area contributed by atoms with E-state index >= 15 is 0 Å². The molecule has 0 aromatic carbocycles. The van der Waals surface area contributed by atoms with Crippen molar-refractivity contribution in [3.05, 3.63) is 11.9 Å². The van der Waals surface area contributed by atoms with Gasteiger partial charge in [0.05, 0.1) is 0 Å². The van der Waals surface area contributed by atoms with Gasteiger partial charge in [-0.2, -0.15) is 24.9 Å². The third-order valence-corrected chi connectivity index (χ3v) is 7.95. The summed E-state index contributed by atoms with van der Waals surface area (Å²) in [6.07, 6.45) is -18.2. The van der Waals surface area contributed by atoms with E-state index in [1.165, 1.54) is 41.4 Å². The van der Waals surface area contributed by atoms with Crippen LogP contribution in [0.15, 0.2) is 31.9 Å². The number of aldehydes is 6. The van der Waals surface area contributed by atoms with Crippen LogP contribution >= 0.6 is 0 Å². The van der Waals surface area contributed by atoms with Crippen LogP contribution in [0, 0.1) is 0 Å². The van der Waals surface area contributed by atoms with Gasteiger partial charge in [-0.1, -0.05) is 0 Å². The number of methoxy groups -OCH3 is 4. The number of aromatic nitrogens is 3. The van der Waals surface area contributed by atoms with E-state index in [2.05, 4.69) is 56.2 Å². The zero-order valence-electron chi connectivity index (χ0n) is 44.3. The molecular weight excluding hydrogens is 1130 g/mol. The largest absolute Gasteiger partial charge is 0.376 e. The first kappa shape index (κ1) is 79.0. The molecule has 3 heterocycles. The molecule has 44 heteroatoms. The van der Waals surface area contributed by atoms with E-state index in [4.69, 9.17) is 100 Å². The van der Waals surface area contributed by atoms with Gasteiger partial charge in [0.25, 0.3) is 0 Å². The van der Waals surface area contributed by atoms with Gasteiger partial charge >= 0.3 is 0 Å². The fourth-order valence-electron chi connectivity index (χ4n) is 4.40. The van der Waals surface area contributed by atoms with E-state index in [9.17, 15) is 45.0 Å². The van der Waals surface area contributed by atoms with Gasteiger partial charge in [0, 0.05) is 28.4 Å². The van der Waals surface area contributed by atoms with Crippen molar-refractivity contribution < 1.29 is 134 Å². The average molecular weight is 1200 g/mol. The molecule has 82 heavy (non-hydrogen) atoms. The number of hydrogen-bond acceptors (Lipinski definition) is 44. The van der Waals surface area contributed by atoms with Gasteiger partial charge < -0.3 is 131 Å². The first-order chi connectivity index (χ1) is 38.8. The van der Waals surface area contributed by atoms with Gasteiger partial charge in [0.2, 0.25) is 85.8 Å². The van der Waals surface area contributed by atoms with E-state index in [1.807, 2.05) is 0 Å². The molecule has 1 aromatic rings. The van der Waals surface area contributed by atoms with E-state index in [-0.39, 0.29) is 106 Å². The number of aliphatic hydroxyl groups excluding tert-OH is 11. The molecule has 0 aliphatic carbocycles. The number of rotatable bonds is 27. The topological polar surface area (TPSA) is 662 Å². The molecule has 7 unspecified atom stereocenters. The first-order valence-electron chi connectivity index (χ1n) is 22.1. The van der Waals surface area contributed by atoms with Crippen molar-refractivity contribution in [3.63, 3.8) is 0 Å². The van der Waals surface area contributed by atoms with Crippen LogP contribution in [-0.4, -0.2) is 311 Å². The number of aliphatic hydroxyl groups is 15. The van der Waals surface area contributed by atoms with Crippen molar-refractivity contribution in [3.8, 4) is 0 Å². The molecule has 470 valence electrons. The lowest BCUT2D eigenvalue weighted by molar-refractivity contribution is -0.271. The summed E-state index contributed by atoms with van der Waals surface area (Å²) in [7, 11) is 5.32. The maximum absolute atomic E-state index is 11.5. The summed E-state index contributed by atoms with van der Waals surface area (Å²) in [5, 5.41) is 142. The Morgan fingerprint density at radius 1 is 0.573 bits per heavy atom. The molecule has 1 aromatic heterocycles. The molecule has 0 saturated heterocycles. The fourth-order valence-corrected chi connectivity index (χ4v) is 4.40. The Hall–Kier alpha value is -7.23. The summed E-state index contributed by atoms with van der Waals surface area (Å²) in [5.74, 6) is -0.425. The number of nitrogens with one attached hydrogen (secondary N) is 4. The molecule has 2 aliphatic rings. The summed E-state index contributed by atoms with van der Waals surface area (Å²) in [4.78, 5) is 91.8. The number of anilines is 3. The van der Waals surface area contributed by atoms with Crippen molar-refractivity contribution >= 4 is 79.4 Å². The second kappa shape index (κ2) is 46.4. The van der Waals surface area contributed by atoms with Crippen LogP contribution in [0.25, 0.3) is 0 Å². The van der Waals surface area contributed by atoms with Gasteiger partial charge in [0.1, 0.15) is 52.5 Å². The molecule has 3 rings (SSSR count). The highest BCUT2D eigenvalue weighted by atomic mass is 16.7. The monoisotopic (exact) mass is 1200 g/mol. The Bertz CT molecular complexity index is 2090. The summed E-state index contributed by atoms with van der Waals surface area (Å²) in [6.45, 7) is 0.701. The second-order valence-electron chi connectivity index (χ2n) is 13.8. The normalized spacial score (nSPS) is 15.9. The van der Waals surface area contributed by atoms with E-state index in [0.29, 0.717) is 0 Å². The molecule has 0 radical (unpaired) electrons. The highest BCUT2D eigenvalue weighted by Crippen LogP contribution is 2.13. The number of carbonyl (C=O) groups excluding carboxylic acids is 6. The van der Waals surface area contributed by atoms with Crippen LogP contribution in [0.1, 0.15) is 13.8 Å². The zero-order valence-corrected chi connectivity index (χ0v) is 44.3. The third-order valence-electron chi connectivity index (χ3n) is 7.95. The standard InChI is InChI=1S/C24H41N11O14.C6H12N6O2.2C2H6O4.C2H2O2.C2H4O/c1-5-13-26-20(32(9-45-2)14(39)6-36)30-21(27-13)33(15(40)7-37)11-48-17(42)18(43)49-12-34(16(41)8-38)22-28-19(25)29-23(31-22)35(10-46-3)24(44)47-4;1-14-3-9-6-11-4(7)10-5(12-6)8-2-13;2*3-1(4)2(5)6;3-1-2-4;1-2-3/h5-8,14-19,24,39-44H,9-12,25H2,1-4H3,(H,26,27,30)(H,28,29,31);13H,2-3H2,1H3,(H4,7,8,9,10,11,12);2*1-6H;1-2H;2H,1H3. The SMILES string of the molecule is CC=C1N=C(N(COC)C(O)C=O)N=C(N(COC(O)C(O)OCN(C2=NC(N)N=C(N(COC)C(O)OC)N2)C(O)C=O)C(O)C=O)N1.CC=O.COCNc1nc(N)nc(NCO)n1.O=CC=O.OC(O)C(O)O.OC(O)C(O)O. The second-order valence-corrected chi connectivity index (χ2v) is 13.8. The predicted octanol–water partition coefficient (Wildman–Crippen LogP) is -13.2. The minimum absolute atomic E-state index is 0.0644. The van der Waals surface area contributed by atoms with Crippen molar-refractivity contribution in [1.29, 1.82) is 0 Å². The van der Waals surface area contributed by atoms with Gasteiger partial charge in [0.15, 0.2) is 56.4 Å². The molecule has 2 aliphatic heterocycles. The Balaban J connectivity index is -0.00000151. The Kier molecular flexibility index (Phi) is 44.7. The minimum Gasteiger partial charge on any atom is -0.376 e. The average Bonchev–Trinajstić information content (AvgIpc) is 3.47. The highest BCUT2D eigenvalue weighted by molar-refractivity contribution is 6.09. The molecule has 7 atom stereocenters. The number of guanidine groups is 4. The third kappa shape index (κ3) is 32.9. The maximum Gasteiger partial charge on any atom is 0.241 e. The number of ether oxygens (including phenoxy) is 6. The number of hydrogen-bond donors (Lipinski definition) is 21. The lowest BCUT2D eigenvalue weighted by atomic mass is 10.4. The summed E-state index contributed by atoms with van der Waals surface area (Å²) in [5.41, 5.74) is 11.3. The quantitative estimate of drug-likeness (QED) is 0.0221. The minimum atomic E-state index is -2.20. The lowest BCUT2D eigenvalue weighted by Gasteiger charge is -2.36. The summed E-state index contributed by atoms with van der Waals surface area (Å²) in [6, 6.07) is 0. The fraction of sp³-hybridized carbons (Fsp3) is 0.605. The Morgan fingerprint density at radius 2 is 0.988 bits per heavy atom. The Morgan fingerprint density at radius 3 is 1.37 bits per heavy atom. The highest BCUT2D eigenvalue weighted by Gasteiger charge is 2.32. The predicted molar refractivity (Wildman–Crippen MR) is 269 cm³/mol. The molecule has 0 amide bonds. The van der Waals surface area contributed by atoms with Crippen LogP contribution in [0.3, 0.4) is 0 Å². The van der Waals surface area contributed by atoms with E-state index in [1.54, 1.807) is 6.92 Å². The molecule has 0 fully saturated rings. The maximum atomic E-state index is 11.5. The number of carbonyl (C=O) groups is 6. The summed E-state index contributed by atoms with van der Waals surface area (Å²) >= 11 is 0. The molecule has 44 nitrogen and oxygen atoms in total. The molecule has 0 saturated carbocycles. The number of allylic oxidation sites excluding steroid dienone is 1. The van der Waals surface area contributed by atoms with Gasteiger partial charge in [-0.3, -0.25) is 54.6 Å². The first-order valence-corrected chi connectivity index (χ1v) is 22.1. The van der Waals surface area contributed by atoms with Crippen molar-refractivity contribution in [2.45, 2.75) is 83.0 Å². The molecule has 23 N–H and O–H groups in total. The number of nitrogen functional groups attached to an aromatic ring is 1. The van der Waals surface area contributed by atoms with Crippen LogP contribution in [-0.2, 0) is 57.2 Å². The molecule has 0 spiro atoms. The van der Waals surface area contributed by atoms with Crippen molar-refractivity contribution in [2.24, 2.45) is 25.7 Å². The van der Waals surface area contributed by atoms with Crippen molar-refractivity contribution in [2.75, 3.05) is 85.2 Å². The Labute approximate surface area is 463 Å². The smallest absolute Gasteiger partial charge is 0.241 e. The van der Waals surface area contributed by atoms with E-state index in [0.717, 1.165) is 25.9 Å². The van der Waals surface area contributed by atoms with Crippen LogP contribution in [0.4, 0.5) is 17.8 Å². The number of aliphatic imine (C=N–C) groups is 4. The molecule has 0 bridgehead atoms.